The molecule has 1 atom stereocenters. The van der Waals surface area contributed by atoms with Crippen molar-refractivity contribution in [1.29, 1.82) is 0 Å². The van der Waals surface area contributed by atoms with Gasteiger partial charge in [0.05, 0.1) is 0 Å². The lowest BCUT2D eigenvalue weighted by Gasteiger charge is -2.11. The van der Waals surface area contributed by atoms with E-state index in [2.05, 4.69) is 30.5 Å². The summed E-state index contributed by atoms with van der Waals surface area (Å²) in [4.78, 5) is 1.27. The fourth-order valence-electron chi connectivity index (χ4n) is 1.32. The maximum Gasteiger partial charge on any atom is 0.0474 e. The number of aliphatic hydroxyl groups excluding tert-OH is 1. The molecule has 1 aromatic rings. The van der Waals surface area contributed by atoms with Gasteiger partial charge < -0.3 is 10.8 Å². The summed E-state index contributed by atoms with van der Waals surface area (Å²) in [6.45, 7) is 0.710. The molecule has 0 bridgehead atoms. The molecule has 0 spiro atoms. The Labute approximate surface area is 89.5 Å². The monoisotopic (exact) mass is 211 g/mol. The average Bonchev–Trinajstić information content (AvgIpc) is 2.26. The summed E-state index contributed by atoms with van der Waals surface area (Å²) in [5.41, 5.74) is 6.77. The lowest BCUT2D eigenvalue weighted by atomic mass is 10.0. The van der Waals surface area contributed by atoms with Crippen LogP contribution in [0.1, 0.15) is 5.56 Å². The van der Waals surface area contributed by atoms with Crippen molar-refractivity contribution < 1.29 is 5.11 Å². The van der Waals surface area contributed by atoms with Gasteiger partial charge in [0.25, 0.3) is 0 Å². The lowest BCUT2D eigenvalue weighted by molar-refractivity contribution is 0.230. The second-order valence-corrected chi connectivity index (χ2v) is 4.22. The summed E-state index contributed by atoms with van der Waals surface area (Å²) in [5, 5.41) is 9.00. The summed E-state index contributed by atoms with van der Waals surface area (Å²) in [5.74, 6) is 0.190. The molecule has 0 amide bonds. The van der Waals surface area contributed by atoms with Crippen molar-refractivity contribution in [3.63, 3.8) is 0 Å². The Morgan fingerprint density at radius 3 is 2.43 bits per heavy atom. The van der Waals surface area contributed by atoms with E-state index in [1.807, 2.05) is 0 Å². The van der Waals surface area contributed by atoms with Crippen LogP contribution in [0.5, 0.6) is 0 Å². The van der Waals surface area contributed by atoms with E-state index in [0.29, 0.717) is 6.54 Å². The summed E-state index contributed by atoms with van der Waals surface area (Å²) in [6.07, 6.45) is 2.92. The van der Waals surface area contributed by atoms with Gasteiger partial charge in [-0.15, -0.1) is 11.8 Å². The Morgan fingerprint density at radius 2 is 2.00 bits per heavy atom. The minimum atomic E-state index is 0.167. The molecular weight excluding hydrogens is 194 g/mol. The third kappa shape index (κ3) is 3.33. The average molecular weight is 211 g/mol. The number of benzene rings is 1. The van der Waals surface area contributed by atoms with Gasteiger partial charge in [-0.3, -0.25) is 0 Å². The Morgan fingerprint density at radius 1 is 1.36 bits per heavy atom. The number of hydrogen-bond donors (Lipinski definition) is 2. The topological polar surface area (TPSA) is 46.2 Å². The third-order valence-corrected chi connectivity index (χ3v) is 3.02. The predicted molar refractivity (Wildman–Crippen MR) is 61.6 cm³/mol. The minimum absolute atomic E-state index is 0.167. The molecule has 0 aliphatic heterocycles. The van der Waals surface area contributed by atoms with Crippen molar-refractivity contribution in [2.45, 2.75) is 11.3 Å². The zero-order valence-electron chi connectivity index (χ0n) is 8.44. The van der Waals surface area contributed by atoms with E-state index in [-0.39, 0.29) is 12.5 Å². The van der Waals surface area contributed by atoms with Gasteiger partial charge in [0.2, 0.25) is 0 Å². The van der Waals surface area contributed by atoms with Crippen molar-refractivity contribution >= 4 is 11.8 Å². The van der Waals surface area contributed by atoms with Crippen molar-refractivity contribution in [3.8, 4) is 0 Å². The van der Waals surface area contributed by atoms with Crippen LogP contribution in [0.4, 0.5) is 0 Å². The molecule has 1 aromatic carbocycles. The second-order valence-electron chi connectivity index (χ2n) is 3.34. The second kappa shape index (κ2) is 6.06. The van der Waals surface area contributed by atoms with E-state index in [1.54, 1.807) is 11.8 Å². The Hall–Kier alpha value is -0.510. The highest BCUT2D eigenvalue weighted by molar-refractivity contribution is 7.98. The van der Waals surface area contributed by atoms with Gasteiger partial charge in [-0.25, -0.2) is 0 Å². The van der Waals surface area contributed by atoms with E-state index in [4.69, 9.17) is 10.8 Å². The third-order valence-electron chi connectivity index (χ3n) is 2.27. The van der Waals surface area contributed by atoms with E-state index < -0.39 is 0 Å². The molecule has 0 aliphatic carbocycles. The first-order valence-corrected chi connectivity index (χ1v) is 5.96. The van der Waals surface area contributed by atoms with Crippen LogP contribution in [0.3, 0.4) is 0 Å². The molecular formula is C11H17NOS. The number of aliphatic hydroxyl groups is 1. The Bertz CT molecular complexity index is 256. The maximum atomic E-state index is 9.00. The number of nitrogens with two attached hydrogens (primary N) is 1. The molecule has 1 unspecified atom stereocenters. The number of hydrogen-bond acceptors (Lipinski definition) is 3. The van der Waals surface area contributed by atoms with Crippen molar-refractivity contribution in [2.75, 3.05) is 19.4 Å². The van der Waals surface area contributed by atoms with Gasteiger partial charge in [0.1, 0.15) is 0 Å². The highest BCUT2D eigenvalue weighted by atomic mass is 32.2. The molecule has 1 rings (SSSR count). The van der Waals surface area contributed by atoms with Crippen molar-refractivity contribution in [1.82, 2.24) is 0 Å². The predicted octanol–water partition coefficient (Wildman–Crippen LogP) is 1.52. The van der Waals surface area contributed by atoms with Crippen LogP contribution in [0, 0.1) is 5.92 Å². The summed E-state index contributed by atoms with van der Waals surface area (Å²) in [7, 11) is 0. The molecule has 0 fully saturated rings. The zero-order valence-corrected chi connectivity index (χ0v) is 9.26. The number of thioether (sulfide) groups is 1. The molecule has 78 valence electrons. The van der Waals surface area contributed by atoms with Gasteiger partial charge in [0.15, 0.2) is 0 Å². The SMILES string of the molecule is CSc1ccc(CC(CN)CO)cc1. The molecule has 0 saturated carbocycles. The van der Waals surface area contributed by atoms with Crippen molar-refractivity contribution in [2.24, 2.45) is 11.7 Å². The van der Waals surface area contributed by atoms with Crippen LogP contribution >= 0.6 is 11.8 Å². The molecule has 3 heteroatoms. The van der Waals surface area contributed by atoms with E-state index in [1.165, 1.54) is 10.5 Å². The van der Waals surface area contributed by atoms with Gasteiger partial charge in [0, 0.05) is 11.5 Å². The smallest absolute Gasteiger partial charge is 0.0474 e. The minimum Gasteiger partial charge on any atom is -0.396 e. The summed E-state index contributed by atoms with van der Waals surface area (Å²) in [6, 6.07) is 8.41. The molecule has 0 heterocycles. The first kappa shape index (κ1) is 11.6. The van der Waals surface area contributed by atoms with Gasteiger partial charge >= 0.3 is 0 Å². The maximum absolute atomic E-state index is 9.00. The highest BCUT2D eigenvalue weighted by Crippen LogP contribution is 2.16. The molecule has 0 aliphatic rings. The van der Waals surface area contributed by atoms with Crippen LogP contribution in [-0.4, -0.2) is 24.5 Å². The van der Waals surface area contributed by atoms with Crippen LogP contribution in [0.15, 0.2) is 29.2 Å². The lowest BCUT2D eigenvalue weighted by Crippen LogP contribution is -2.20. The van der Waals surface area contributed by atoms with Crippen molar-refractivity contribution in [3.05, 3.63) is 29.8 Å². The fourth-order valence-corrected chi connectivity index (χ4v) is 1.73. The first-order valence-electron chi connectivity index (χ1n) is 4.74. The fraction of sp³-hybridized carbons (Fsp3) is 0.455. The molecule has 0 saturated heterocycles. The van der Waals surface area contributed by atoms with Gasteiger partial charge in [-0.05, 0) is 42.8 Å². The number of rotatable bonds is 5. The van der Waals surface area contributed by atoms with Crippen LogP contribution in [0.2, 0.25) is 0 Å². The highest BCUT2D eigenvalue weighted by Gasteiger charge is 2.05. The quantitative estimate of drug-likeness (QED) is 0.726. The summed E-state index contributed by atoms with van der Waals surface area (Å²) >= 11 is 1.73. The molecule has 0 aromatic heterocycles. The summed E-state index contributed by atoms with van der Waals surface area (Å²) < 4.78 is 0. The standard InChI is InChI=1S/C11H17NOS/c1-14-11-4-2-9(3-5-11)6-10(7-12)8-13/h2-5,10,13H,6-8,12H2,1H3. The normalized spacial score (nSPS) is 12.8. The van der Waals surface area contributed by atoms with Crippen LogP contribution in [0.25, 0.3) is 0 Å². The molecule has 2 nitrogen and oxygen atoms in total. The van der Waals surface area contributed by atoms with Gasteiger partial charge in [-0.2, -0.15) is 0 Å². The van der Waals surface area contributed by atoms with Crippen LogP contribution in [-0.2, 0) is 6.42 Å². The van der Waals surface area contributed by atoms with Crippen LogP contribution < -0.4 is 5.73 Å². The molecule has 14 heavy (non-hydrogen) atoms. The molecule has 3 N–H and O–H groups in total. The largest absolute Gasteiger partial charge is 0.396 e. The van der Waals surface area contributed by atoms with Gasteiger partial charge in [-0.1, -0.05) is 12.1 Å². The molecule has 0 radical (unpaired) electrons. The first-order chi connectivity index (χ1) is 6.80. The van der Waals surface area contributed by atoms with E-state index in [9.17, 15) is 0 Å². The van der Waals surface area contributed by atoms with E-state index >= 15 is 0 Å². The zero-order chi connectivity index (χ0) is 10.4. The Balaban J connectivity index is 2.58. The Kier molecular flexibility index (Phi) is 5.01. The van der Waals surface area contributed by atoms with E-state index in [0.717, 1.165) is 6.42 Å².